The van der Waals surface area contributed by atoms with Crippen molar-refractivity contribution in [1.82, 2.24) is 19.4 Å². The topological polar surface area (TPSA) is 51.0 Å². The number of aromatic nitrogens is 3. The zero-order valence-corrected chi connectivity index (χ0v) is 14.6. The molecule has 1 fully saturated rings. The summed E-state index contributed by atoms with van der Waals surface area (Å²) in [6, 6.07) is 7.80. The van der Waals surface area contributed by atoms with Crippen molar-refractivity contribution in [3.63, 3.8) is 0 Å². The average Bonchev–Trinajstić information content (AvgIpc) is 3.42. The minimum Gasteiger partial charge on any atom is -0.338 e. The van der Waals surface area contributed by atoms with Gasteiger partial charge in [-0.05, 0) is 36.4 Å². The van der Waals surface area contributed by atoms with Crippen molar-refractivity contribution < 1.29 is 4.79 Å². The second-order valence-electron chi connectivity index (χ2n) is 6.84. The fourth-order valence-electron chi connectivity index (χ4n) is 4.19. The number of nitrogens with zero attached hydrogens (tertiary/aromatic N) is 4. The van der Waals surface area contributed by atoms with E-state index >= 15 is 0 Å². The first kappa shape index (κ1) is 14.8. The van der Waals surface area contributed by atoms with E-state index in [1.807, 2.05) is 11.1 Å². The number of thiophene rings is 1. The van der Waals surface area contributed by atoms with Crippen LogP contribution in [-0.4, -0.2) is 38.4 Å². The second kappa shape index (κ2) is 5.52. The molecule has 1 atom stereocenters. The van der Waals surface area contributed by atoms with Gasteiger partial charge in [0.25, 0.3) is 5.91 Å². The van der Waals surface area contributed by atoms with Gasteiger partial charge < -0.3 is 9.47 Å². The molecule has 5 heterocycles. The smallest absolute Gasteiger partial charge is 0.253 e. The number of likely N-dealkylation sites (tertiary alicyclic amines) is 1. The van der Waals surface area contributed by atoms with Gasteiger partial charge in [-0.1, -0.05) is 6.07 Å². The molecule has 1 saturated heterocycles. The Bertz CT molecular complexity index is 918. The Labute approximate surface area is 150 Å². The quantitative estimate of drug-likeness (QED) is 0.713. The number of rotatable bonds is 2. The third kappa shape index (κ3) is 2.24. The lowest BCUT2D eigenvalue weighted by Gasteiger charge is -2.22. The van der Waals surface area contributed by atoms with E-state index in [1.54, 1.807) is 35.9 Å². The highest BCUT2D eigenvalue weighted by atomic mass is 32.1. The molecule has 3 aromatic rings. The molecule has 6 heteroatoms. The van der Waals surface area contributed by atoms with Gasteiger partial charge in [-0.25, -0.2) is 4.98 Å². The first-order chi connectivity index (χ1) is 12.3. The standard InChI is InChI=1S/C19H18N4OS/c24-17(14-3-7-20-8-4-14)22-9-5-19(13-22)6-10-23-15(12-21-18(19)23)16-2-1-11-25-16/h1-4,7-8,11-12H,5-6,9-10,13H2/t19-/m1/s1. The molecule has 1 amide bonds. The summed E-state index contributed by atoms with van der Waals surface area (Å²) >= 11 is 1.75. The lowest BCUT2D eigenvalue weighted by Crippen LogP contribution is -2.33. The monoisotopic (exact) mass is 350 g/mol. The molecule has 0 radical (unpaired) electrons. The summed E-state index contributed by atoms with van der Waals surface area (Å²) < 4.78 is 2.35. The summed E-state index contributed by atoms with van der Waals surface area (Å²) in [5.74, 6) is 1.25. The lowest BCUT2D eigenvalue weighted by molar-refractivity contribution is 0.0783. The van der Waals surface area contributed by atoms with Gasteiger partial charge >= 0.3 is 0 Å². The van der Waals surface area contributed by atoms with Gasteiger partial charge in [0.2, 0.25) is 0 Å². The molecule has 0 bridgehead atoms. The first-order valence-electron chi connectivity index (χ1n) is 8.56. The Morgan fingerprint density at radius 1 is 1.16 bits per heavy atom. The molecule has 5 nitrogen and oxygen atoms in total. The highest BCUT2D eigenvalue weighted by Crippen LogP contribution is 2.44. The van der Waals surface area contributed by atoms with Gasteiger partial charge in [-0.3, -0.25) is 9.78 Å². The first-order valence-corrected chi connectivity index (χ1v) is 9.44. The van der Waals surface area contributed by atoms with Crippen LogP contribution in [0.5, 0.6) is 0 Å². The molecular weight excluding hydrogens is 332 g/mol. The number of carbonyl (C=O) groups excluding carboxylic acids is 1. The Hall–Kier alpha value is -2.47. The Morgan fingerprint density at radius 2 is 2.00 bits per heavy atom. The highest BCUT2D eigenvalue weighted by Gasteiger charge is 2.47. The van der Waals surface area contributed by atoms with E-state index in [-0.39, 0.29) is 11.3 Å². The van der Waals surface area contributed by atoms with E-state index in [1.165, 1.54) is 10.6 Å². The zero-order chi connectivity index (χ0) is 16.9. The van der Waals surface area contributed by atoms with Crippen molar-refractivity contribution >= 4 is 17.2 Å². The molecule has 5 rings (SSSR count). The summed E-state index contributed by atoms with van der Waals surface area (Å²) in [6.45, 7) is 2.54. The van der Waals surface area contributed by atoms with Gasteiger partial charge in [-0.15, -0.1) is 11.3 Å². The number of carbonyl (C=O) groups is 1. The van der Waals surface area contributed by atoms with Gasteiger partial charge in [0.05, 0.1) is 16.8 Å². The maximum absolute atomic E-state index is 12.8. The second-order valence-corrected chi connectivity index (χ2v) is 7.79. The highest BCUT2D eigenvalue weighted by molar-refractivity contribution is 7.13. The molecule has 126 valence electrons. The summed E-state index contributed by atoms with van der Waals surface area (Å²) in [7, 11) is 0. The number of amides is 1. The average molecular weight is 350 g/mol. The van der Waals surface area contributed by atoms with E-state index in [0.29, 0.717) is 5.56 Å². The van der Waals surface area contributed by atoms with Crippen LogP contribution in [0.4, 0.5) is 0 Å². The molecule has 1 spiro atoms. The molecule has 0 aromatic carbocycles. The lowest BCUT2D eigenvalue weighted by atomic mass is 9.85. The predicted molar refractivity (Wildman–Crippen MR) is 96.6 cm³/mol. The van der Waals surface area contributed by atoms with Crippen LogP contribution in [0.15, 0.2) is 48.2 Å². The number of hydrogen-bond acceptors (Lipinski definition) is 4. The minimum atomic E-state index is 0.0121. The molecule has 2 aliphatic rings. The van der Waals surface area contributed by atoms with Crippen molar-refractivity contribution in [2.75, 3.05) is 13.1 Å². The summed E-state index contributed by atoms with van der Waals surface area (Å²) in [4.78, 5) is 24.8. The van der Waals surface area contributed by atoms with Crippen molar-refractivity contribution in [3.8, 4) is 10.6 Å². The van der Waals surface area contributed by atoms with Crippen LogP contribution >= 0.6 is 11.3 Å². The Morgan fingerprint density at radius 3 is 2.80 bits per heavy atom. The summed E-state index contributed by atoms with van der Waals surface area (Å²) in [5, 5.41) is 2.10. The predicted octanol–water partition coefficient (Wildman–Crippen LogP) is 3.19. The fraction of sp³-hybridized carbons (Fsp3) is 0.316. The van der Waals surface area contributed by atoms with Gasteiger partial charge in [0, 0.05) is 43.0 Å². The molecule has 25 heavy (non-hydrogen) atoms. The van der Waals surface area contributed by atoms with Crippen molar-refractivity contribution in [2.45, 2.75) is 24.8 Å². The number of imidazole rings is 1. The maximum atomic E-state index is 12.8. The SMILES string of the molecule is O=C(c1ccncc1)N1CC[C@@]2(CCn3c(-c4cccs4)cnc32)C1. The van der Waals surface area contributed by atoms with Crippen molar-refractivity contribution in [2.24, 2.45) is 0 Å². The van der Waals surface area contributed by atoms with Gasteiger partial charge in [0.1, 0.15) is 5.82 Å². The van der Waals surface area contributed by atoms with Crippen LogP contribution in [0.3, 0.4) is 0 Å². The van der Waals surface area contributed by atoms with Crippen LogP contribution in [0.2, 0.25) is 0 Å². The normalized spacial score (nSPS) is 21.8. The molecule has 0 aliphatic carbocycles. The van der Waals surface area contributed by atoms with Crippen molar-refractivity contribution in [3.05, 3.63) is 59.6 Å². The summed E-state index contributed by atoms with van der Waals surface area (Å²) in [6.07, 6.45) is 7.40. The third-order valence-corrected chi connectivity index (χ3v) is 6.38. The van der Waals surface area contributed by atoms with Gasteiger partial charge in [0.15, 0.2) is 0 Å². The van der Waals surface area contributed by atoms with E-state index in [2.05, 4.69) is 27.1 Å². The van der Waals surface area contributed by atoms with Crippen LogP contribution in [-0.2, 0) is 12.0 Å². The summed E-state index contributed by atoms with van der Waals surface area (Å²) in [5.41, 5.74) is 1.94. The van der Waals surface area contributed by atoms with Crippen LogP contribution < -0.4 is 0 Å². The molecule has 3 aromatic heterocycles. The van der Waals surface area contributed by atoms with Crippen LogP contribution in [0, 0.1) is 0 Å². The Kier molecular flexibility index (Phi) is 3.28. The van der Waals surface area contributed by atoms with E-state index in [4.69, 9.17) is 4.98 Å². The molecule has 0 saturated carbocycles. The Balaban J connectivity index is 1.44. The molecule has 2 aliphatic heterocycles. The van der Waals surface area contributed by atoms with E-state index < -0.39 is 0 Å². The molecular formula is C19H18N4OS. The number of pyridine rings is 1. The third-order valence-electron chi connectivity index (χ3n) is 5.49. The van der Waals surface area contributed by atoms with Crippen LogP contribution in [0.25, 0.3) is 10.6 Å². The zero-order valence-electron chi connectivity index (χ0n) is 13.8. The van der Waals surface area contributed by atoms with Gasteiger partial charge in [-0.2, -0.15) is 0 Å². The molecule has 0 N–H and O–H groups in total. The maximum Gasteiger partial charge on any atom is 0.253 e. The van der Waals surface area contributed by atoms with E-state index in [9.17, 15) is 4.79 Å². The fourth-order valence-corrected chi connectivity index (χ4v) is 4.94. The van der Waals surface area contributed by atoms with Crippen molar-refractivity contribution in [1.29, 1.82) is 0 Å². The van der Waals surface area contributed by atoms with E-state index in [0.717, 1.165) is 38.3 Å². The molecule has 0 unspecified atom stereocenters. The number of fused-ring (bicyclic) bond motifs is 2. The minimum absolute atomic E-state index is 0.0121. The number of hydrogen-bond donors (Lipinski definition) is 0. The largest absolute Gasteiger partial charge is 0.338 e. The van der Waals surface area contributed by atoms with Crippen LogP contribution in [0.1, 0.15) is 29.0 Å².